The number of hydrogen-bond donors (Lipinski definition) is 0. The van der Waals surface area contributed by atoms with Crippen molar-refractivity contribution in [2.24, 2.45) is 0 Å². The summed E-state index contributed by atoms with van der Waals surface area (Å²) in [6.07, 6.45) is 0. The Hall–Kier alpha value is -2.23. The van der Waals surface area contributed by atoms with E-state index in [0.717, 1.165) is 29.3 Å². The Labute approximate surface area is 116 Å². The molecule has 20 heavy (non-hydrogen) atoms. The van der Waals surface area contributed by atoms with E-state index in [-0.39, 0.29) is 11.1 Å². The molecule has 0 aromatic heterocycles. The van der Waals surface area contributed by atoms with E-state index < -0.39 is 17.4 Å². The van der Waals surface area contributed by atoms with E-state index in [1.807, 2.05) is 13.8 Å². The van der Waals surface area contributed by atoms with E-state index in [1.165, 1.54) is 7.11 Å². The fourth-order valence-corrected chi connectivity index (χ4v) is 2.05. The molecular formula is C16H14F2O2. The third-order valence-corrected chi connectivity index (χ3v) is 3.30. The molecule has 2 nitrogen and oxygen atoms in total. The molecule has 0 fully saturated rings. The molecule has 4 heteroatoms. The zero-order valence-corrected chi connectivity index (χ0v) is 11.5. The Balaban J connectivity index is 2.59. The number of benzene rings is 2. The van der Waals surface area contributed by atoms with Crippen molar-refractivity contribution in [2.75, 3.05) is 7.11 Å². The van der Waals surface area contributed by atoms with Crippen LogP contribution in [0.4, 0.5) is 8.78 Å². The number of ketones is 1. The van der Waals surface area contributed by atoms with Crippen molar-refractivity contribution in [1.29, 1.82) is 0 Å². The van der Waals surface area contributed by atoms with Crippen molar-refractivity contribution in [3.05, 3.63) is 64.2 Å². The second-order valence-electron chi connectivity index (χ2n) is 4.54. The van der Waals surface area contributed by atoms with E-state index in [0.29, 0.717) is 5.75 Å². The van der Waals surface area contributed by atoms with Crippen LogP contribution >= 0.6 is 0 Å². The second kappa shape index (κ2) is 5.41. The van der Waals surface area contributed by atoms with E-state index in [1.54, 1.807) is 12.1 Å². The van der Waals surface area contributed by atoms with Gasteiger partial charge < -0.3 is 4.74 Å². The smallest absolute Gasteiger partial charge is 0.199 e. The van der Waals surface area contributed by atoms with Gasteiger partial charge in [0.2, 0.25) is 0 Å². The molecule has 2 aromatic carbocycles. The van der Waals surface area contributed by atoms with Gasteiger partial charge in [-0.15, -0.1) is 0 Å². The first kappa shape index (κ1) is 14.2. The topological polar surface area (TPSA) is 26.3 Å². The van der Waals surface area contributed by atoms with Gasteiger partial charge in [-0.3, -0.25) is 4.79 Å². The van der Waals surface area contributed by atoms with Crippen molar-refractivity contribution >= 4 is 5.78 Å². The summed E-state index contributed by atoms with van der Waals surface area (Å²) in [7, 11) is 1.44. The quantitative estimate of drug-likeness (QED) is 0.797. The Kier molecular flexibility index (Phi) is 3.84. The maximum absolute atomic E-state index is 13.7. The predicted molar refractivity (Wildman–Crippen MR) is 72.3 cm³/mol. The number of carbonyl (C=O) groups is 1. The minimum Gasteiger partial charge on any atom is -0.496 e. The van der Waals surface area contributed by atoms with Gasteiger partial charge in [-0.05, 0) is 49.2 Å². The summed E-state index contributed by atoms with van der Waals surface area (Å²) in [6.45, 7) is 3.70. The molecule has 0 spiro atoms. The summed E-state index contributed by atoms with van der Waals surface area (Å²) in [6, 6.07) is 6.13. The fraction of sp³-hybridized carbons (Fsp3) is 0.188. The average molecular weight is 276 g/mol. The summed E-state index contributed by atoms with van der Waals surface area (Å²) in [5.41, 5.74) is 1.68. The number of aryl methyl sites for hydroxylation is 1. The molecule has 2 aromatic rings. The van der Waals surface area contributed by atoms with Crippen LogP contribution in [0.15, 0.2) is 30.3 Å². The third kappa shape index (κ3) is 2.41. The number of methoxy groups -OCH3 is 1. The second-order valence-corrected chi connectivity index (χ2v) is 4.54. The van der Waals surface area contributed by atoms with Crippen LogP contribution in [0.2, 0.25) is 0 Å². The molecule has 0 N–H and O–H groups in total. The van der Waals surface area contributed by atoms with Crippen LogP contribution in [0.1, 0.15) is 27.0 Å². The molecule has 0 aliphatic heterocycles. The highest BCUT2D eigenvalue weighted by atomic mass is 19.1. The number of halogens is 2. The van der Waals surface area contributed by atoms with E-state index >= 15 is 0 Å². The SMILES string of the molecule is COc1c(C(=O)c2cc(F)ccc2F)ccc(C)c1C. The molecule has 0 radical (unpaired) electrons. The van der Waals surface area contributed by atoms with Crippen molar-refractivity contribution in [2.45, 2.75) is 13.8 Å². The highest BCUT2D eigenvalue weighted by molar-refractivity contribution is 6.11. The van der Waals surface area contributed by atoms with Crippen molar-refractivity contribution in [3.63, 3.8) is 0 Å². The van der Waals surface area contributed by atoms with Crippen LogP contribution in [0.25, 0.3) is 0 Å². The largest absolute Gasteiger partial charge is 0.496 e. The highest BCUT2D eigenvalue weighted by Crippen LogP contribution is 2.28. The summed E-state index contributed by atoms with van der Waals surface area (Å²) in [5.74, 6) is -1.62. The monoisotopic (exact) mass is 276 g/mol. The molecule has 0 heterocycles. The van der Waals surface area contributed by atoms with Gasteiger partial charge in [-0.1, -0.05) is 6.07 Å². The minimum absolute atomic E-state index is 0.222. The number of rotatable bonds is 3. The summed E-state index contributed by atoms with van der Waals surface area (Å²) in [4.78, 5) is 12.4. The molecule has 0 unspecified atom stereocenters. The lowest BCUT2D eigenvalue weighted by molar-refractivity contribution is 0.103. The molecule has 0 bridgehead atoms. The summed E-state index contributed by atoms with van der Waals surface area (Å²) < 4.78 is 32.1. The lowest BCUT2D eigenvalue weighted by Gasteiger charge is -2.13. The first-order valence-electron chi connectivity index (χ1n) is 6.09. The predicted octanol–water partition coefficient (Wildman–Crippen LogP) is 3.82. The fourth-order valence-electron chi connectivity index (χ4n) is 2.05. The van der Waals surface area contributed by atoms with Crippen LogP contribution < -0.4 is 4.74 Å². The summed E-state index contributed by atoms with van der Waals surface area (Å²) >= 11 is 0. The van der Waals surface area contributed by atoms with Crippen molar-refractivity contribution < 1.29 is 18.3 Å². The molecule has 2 rings (SSSR count). The maximum atomic E-state index is 13.7. The zero-order chi connectivity index (χ0) is 14.9. The molecule has 0 amide bonds. The van der Waals surface area contributed by atoms with Gasteiger partial charge in [0, 0.05) is 0 Å². The van der Waals surface area contributed by atoms with Crippen LogP contribution in [-0.2, 0) is 0 Å². The number of carbonyl (C=O) groups excluding carboxylic acids is 1. The minimum atomic E-state index is -0.753. The molecule has 0 aliphatic rings. The van der Waals surface area contributed by atoms with Crippen molar-refractivity contribution in [1.82, 2.24) is 0 Å². The Morgan fingerprint density at radius 2 is 1.75 bits per heavy atom. The van der Waals surface area contributed by atoms with Crippen molar-refractivity contribution in [3.8, 4) is 5.75 Å². The Bertz CT molecular complexity index is 678. The number of ether oxygens (including phenoxy) is 1. The van der Waals surface area contributed by atoms with Crippen LogP contribution in [0.3, 0.4) is 0 Å². The van der Waals surface area contributed by atoms with Crippen LogP contribution in [0, 0.1) is 25.5 Å². The Morgan fingerprint density at radius 1 is 1.05 bits per heavy atom. The first-order valence-corrected chi connectivity index (χ1v) is 6.09. The van der Waals surface area contributed by atoms with Crippen LogP contribution in [-0.4, -0.2) is 12.9 Å². The van der Waals surface area contributed by atoms with Gasteiger partial charge in [0.05, 0.1) is 18.2 Å². The van der Waals surface area contributed by atoms with Gasteiger partial charge in [0.1, 0.15) is 17.4 Å². The molecular weight excluding hydrogens is 262 g/mol. The normalized spacial score (nSPS) is 10.4. The van der Waals surface area contributed by atoms with E-state index in [2.05, 4.69) is 0 Å². The molecule has 0 aliphatic carbocycles. The van der Waals surface area contributed by atoms with Gasteiger partial charge in [0.25, 0.3) is 0 Å². The molecule has 0 atom stereocenters. The van der Waals surface area contributed by atoms with Gasteiger partial charge in [0.15, 0.2) is 5.78 Å². The van der Waals surface area contributed by atoms with Gasteiger partial charge in [-0.2, -0.15) is 0 Å². The molecule has 104 valence electrons. The number of hydrogen-bond acceptors (Lipinski definition) is 2. The Morgan fingerprint density at radius 3 is 2.40 bits per heavy atom. The molecule has 0 saturated carbocycles. The average Bonchev–Trinajstić information content (AvgIpc) is 2.43. The highest BCUT2D eigenvalue weighted by Gasteiger charge is 2.20. The maximum Gasteiger partial charge on any atom is 0.199 e. The van der Waals surface area contributed by atoms with E-state index in [4.69, 9.17) is 4.74 Å². The lowest BCUT2D eigenvalue weighted by Crippen LogP contribution is -2.08. The van der Waals surface area contributed by atoms with Crippen LogP contribution in [0.5, 0.6) is 5.75 Å². The molecule has 0 saturated heterocycles. The van der Waals surface area contributed by atoms with E-state index in [9.17, 15) is 13.6 Å². The van der Waals surface area contributed by atoms with Gasteiger partial charge >= 0.3 is 0 Å². The zero-order valence-electron chi connectivity index (χ0n) is 11.5. The first-order chi connectivity index (χ1) is 9.45. The van der Waals surface area contributed by atoms with Gasteiger partial charge in [-0.25, -0.2) is 8.78 Å². The standard InChI is InChI=1S/C16H14F2O2/c1-9-4-6-12(16(20-3)10(9)2)15(19)13-8-11(17)5-7-14(13)18/h4-8H,1-3H3. The third-order valence-electron chi connectivity index (χ3n) is 3.30. The lowest BCUT2D eigenvalue weighted by atomic mass is 9.97. The summed E-state index contributed by atoms with van der Waals surface area (Å²) in [5, 5.41) is 0.